The van der Waals surface area contributed by atoms with E-state index >= 15 is 0 Å². The zero-order chi connectivity index (χ0) is 18.6. The van der Waals surface area contributed by atoms with Crippen LogP contribution in [0.15, 0.2) is 24.3 Å². The molecule has 2 rings (SSSR count). The van der Waals surface area contributed by atoms with Gasteiger partial charge in [0.2, 0.25) is 11.8 Å². The number of carbonyl (C=O) groups is 2. The first-order valence-electron chi connectivity index (χ1n) is 9.04. The van der Waals surface area contributed by atoms with Crippen molar-refractivity contribution < 1.29 is 14.7 Å². The number of amides is 2. The molecule has 5 nitrogen and oxygen atoms in total. The summed E-state index contributed by atoms with van der Waals surface area (Å²) in [4.78, 5) is 24.3. The van der Waals surface area contributed by atoms with Crippen LogP contribution in [0, 0.1) is 17.3 Å². The molecule has 0 radical (unpaired) electrons. The Morgan fingerprint density at radius 1 is 1.36 bits per heavy atom. The van der Waals surface area contributed by atoms with Gasteiger partial charge in [-0.25, -0.2) is 0 Å². The van der Waals surface area contributed by atoms with Crippen molar-refractivity contribution in [1.82, 2.24) is 5.32 Å². The minimum Gasteiger partial charge on any atom is -0.392 e. The van der Waals surface area contributed by atoms with Gasteiger partial charge in [-0.2, -0.15) is 0 Å². The molecule has 0 spiro atoms. The summed E-state index contributed by atoms with van der Waals surface area (Å²) in [7, 11) is 0. The van der Waals surface area contributed by atoms with E-state index in [0.29, 0.717) is 25.8 Å². The van der Waals surface area contributed by atoms with Gasteiger partial charge in [0.15, 0.2) is 0 Å². The second-order valence-corrected chi connectivity index (χ2v) is 8.04. The van der Waals surface area contributed by atoms with Crippen LogP contribution < -0.4 is 10.6 Å². The smallest absolute Gasteiger partial charge is 0.227 e. The lowest BCUT2D eigenvalue weighted by Crippen LogP contribution is -2.43. The number of fused-ring (bicyclic) bond motifs is 1. The molecule has 1 aliphatic heterocycles. The topological polar surface area (TPSA) is 78.4 Å². The van der Waals surface area contributed by atoms with Gasteiger partial charge in [-0.15, -0.1) is 0 Å². The normalized spacial score (nSPS) is 18.5. The molecule has 0 bridgehead atoms. The Labute approximate surface area is 150 Å². The lowest BCUT2D eigenvalue weighted by molar-refractivity contribution is -0.123. The van der Waals surface area contributed by atoms with Gasteiger partial charge in [0.05, 0.1) is 6.10 Å². The van der Waals surface area contributed by atoms with E-state index in [9.17, 15) is 14.7 Å². The van der Waals surface area contributed by atoms with E-state index in [2.05, 4.69) is 10.6 Å². The standard InChI is InChI=1S/C20H30N2O3/c1-13(2)18(24)20(3,4)12-21-17(23)10-9-15-11-14-7-5-6-8-16(14)22-19(15)25/h5-8,13,15,18,24H,9-12H2,1-4H3,(H,21,23)(H,22,25). The van der Waals surface area contributed by atoms with Crippen molar-refractivity contribution in [3.8, 4) is 0 Å². The van der Waals surface area contributed by atoms with Crippen LogP contribution in [-0.4, -0.2) is 29.6 Å². The van der Waals surface area contributed by atoms with Gasteiger partial charge in [0.25, 0.3) is 0 Å². The molecule has 138 valence electrons. The zero-order valence-corrected chi connectivity index (χ0v) is 15.6. The van der Waals surface area contributed by atoms with E-state index in [1.165, 1.54) is 0 Å². The van der Waals surface area contributed by atoms with Crippen molar-refractivity contribution in [3.63, 3.8) is 0 Å². The first-order chi connectivity index (χ1) is 11.7. The summed E-state index contributed by atoms with van der Waals surface area (Å²) in [6.45, 7) is 8.25. The number of rotatable bonds is 7. The van der Waals surface area contributed by atoms with E-state index in [4.69, 9.17) is 0 Å². The predicted octanol–water partition coefficient (Wildman–Crippen LogP) is 2.74. The van der Waals surface area contributed by atoms with Crippen LogP contribution in [0.2, 0.25) is 0 Å². The van der Waals surface area contributed by atoms with Crippen LogP contribution in [0.1, 0.15) is 46.1 Å². The van der Waals surface area contributed by atoms with E-state index in [1.807, 2.05) is 52.0 Å². The number of para-hydroxylation sites is 1. The van der Waals surface area contributed by atoms with Crippen molar-refractivity contribution in [2.24, 2.45) is 17.3 Å². The van der Waals surface area contributed by atoms with Crippen LogP contribution in [0.5, 0.6) is 0 Å². The number of benzene rings is 1. The molecular weight excluding hydrogens is 316 g/mol. The van der Waals surface area contributed by atoms with Crippen LogP contribution >= 0.6 is 0 Å². The van der Waals surface area contributed by atoms with Gasteiger partial charge in [0, 0.05) is 30.0 Å². The Morgan fingerprint density at radius 3 is 2.72 bits per heavy atom. The Morgan fingerprint density at radius 2 is 2.04 bits per heavy atom. The SMILES string of the molecule is CC(C)C(O)C(C)(C)CNC(=O)CCC1Cc2ccccc2NC1=O. The molecule has 25 heavy (non-hydrogen) atoms. The third-order valence-corrected chi connectivity index (χ3v) is 5.01. The second-order valence-electron chi connectivity index (χ2n) is 8.04. The van der Waals surface area contributed by atoms with Crippen LogP contribution in [0.25, 0.3) is 0 Å². The number of nitrogens with one attached hydrogen (secondary N) is 2. The lowest BCUT2D eigenvalue weighted by atomic mass is 9.80. The number of hydrogen-bond donors (Lipinski definition) is 3. The molecule has 1 aromatic rings. The number of aliphatic hydroxyl groups excluding tert-OH is 1. The Balaban J connectivity index is 1.82. The van der Waals surface area contributed by atoms with Crippen LogP contribution in [0.3, 0.4) is 0 Å². The molecule has 1 aromatic carbocycles. The van der Waals surface area contributed by atoms with E-state index in [-0.39, 0.29) is 29.1 Å². The highest BCUT2D eigenvalue weighted by atomic mass is 16.3. The highest BCUT2D eigenvalue weighted by Gasteiger charge is 2.31. The van der Waals surface area contributed by atoms with Gasteiger partial charge in [-0.1, -0.05) is 45.9 Å². The van der Waals surface area contributed by atoms with Crippen molar-refractivity contribution in [3.05, 3.63) is 29.8 Å². The summed E-state index contributed by atoms with van der Waals surface area (Å²) in [5, 5.41) is 16.0. The summed E-state index contributed by atoms with van der Waals surface area (Å²) in [5.41, 5.74) is 1.61. The summed E-state index contributed by atoms with van der Waals surface area (Å²) < 4.78 is 0. The molecule has 0 fully saturated rings. The molecule has 2 amide bonds. The summed E-state index contributed by atoms with van der Waals surface area (Å²) in [6.07, 6.45) is 1.04. The third-order valence-electron chi connectivity index (χ3n) is 5.01. The summed E-state index contributed by atoms with van der Waals surface area (Å²) in [6, 6.07) is 7.78. The van der Waals surface area contributed by atoms with E-state index in [1.54, 1.807) is 0 Å². The first kappa shape index (κ1) is 19.4. The molecule has 1 heterocycles. The Bertz CT molecular complexity index is 625. The zero-order valence-electron chi connectivity index (χ0n) is 15.6. The van der Waals surface area contributed by atoms with Crippen LogP contribution in [-0.2, 0) is 16.0 Å². The number of carbonyl (C=O) groups excluding carboxylic acids is 2. The molecule has 0 saturated carbocycles. The highest BCUT2D eigenvalue weighted by Crippen LogP contribution is 2.28. The van der Waals surface area contributed by atoms with Crippen molar-refractivity contribution in [2.75, 3.05) is 11.9 Å². The Hall–Kier alpha value is -1.88. The number of hydrogen-bond acceptors (Lipinski definition) is 3. The van der Waals surface area contributed by atoms with E-state index in [0.717, 1.165) is 11.3 Å². The average Bonchev–Trinajstić information content (AvgIpc) is 2.57. The number of anilines is 1. The van der Waals surface area contributed by atoms with Gasteiger partial charge < -0.3 is 15.7 Å². The summed E-state index contributed by atoms with van der Waals surface area (Å²) >= 11 is 0. The minimum atomic E-state index is -0.478. The largest absolute Gasteiger partial charge is 0.392 e. The minimum absolute atomic E-state index is 0.0120. The maximum absolute atomic E-state index is 12.2. The lowest BCUT2D eigenvalue weighted by Gasteiger charge is -2.33. The molecule has 0 aliphatic carbocycles. The summed E-state index contributed by atoms with van der Waals surface area (Å²) in [5.74, 6) is -0.120. The quantitative estimate of drug-likeness (QED) is 0.710. The van der Waals surface area contributed by atoms with Crippen molar-refractivity contribution in [1.29, 1.82) is 0 Å². The van der Waals surface area contributed by atoms with Crippen molar-refractivity contribution in [2.45, 2.75) is 53.1 Å². The fourth-order valence-electron chi connectivity index (χ4n) is 3.37. The maximum Gasteiger partial charge on any atom is 0.227 e. The molecule has 3 N–H and O–H groups in total. The second kappa shape index (κ2) is 8.00. The third kappa shape index (κ3) is 5.05. The number of aliphatic hydroxyl groups is 1. The van der Waals surface area contributed by atoms with Gasteiger partial charge in [0.1, 0.15) is 0 Å². The Kier molecular flexibility index (Phi) is 6.22. The molecule has 0 aromatic heterocycles. The monoisotopic (exact) mass is 346 g/mol. The fourth-order valence-corrected chi connectivity index (χ4v) is 3.37. The maximum atomic E-state index is 12.2. The van der Waals surface area contributed by atoms with Gasteiger partial charge in [-0.3, -0.25) is 9.59 Å². The molecule has 2 unspecified atom stereocenters. The fraction of sp³-hybridized carbons (Fsp3) is 0.600. The average molecular weight is 346 g/mol. The van der Waals surface area contributed by atoms with Crippen LogP contribution in [0.4, 0.5) is 5.69 Å². The molecule has 5 heteroatoms. The molecule has 2 atom stereocenters. The molecular formula is C20H30N2O3. The van der Waals surface area contributed by atoms with Crippen molar-refractivity contribution >= 4 is 17.5 Å². The van der Waals surface area contributed by atoms with Gasteiger partial charge in [-0.05, 0) is 30.4 Å². The predicted molar refractivity (Wildman–Crippen MR) is 99.1 cm³/mol. The molecule has 1 aliphatic rings. The first-order valence-corrected chi connectivity index (χ1v) is 9.04. The molecule has 0 saturated heterocycles. The highest BCUT2D eigenvalue weighted by molar-refractivity contribution is 5.96. The van der Waals surface area contributed by atoms with Gasteiger partial charge >= 0.3 is 0 Å². The van der Waals surface area contributed by atoms with E-state index < -0.39 is 6.10 Å².